The molecule has 1 aliphatic heterocycles. The Balaban J connectivity index is 1.22. The summed E-state index contributed by atoms with van der Waals surface area (Å²) < 4.78 is 6.57. The van der Waals surface area contributed by atoms with Crippen molar-refractivity contribution in [2.45, 2.75) is 12.6 Å². The average Bonchev–Trinajstić information content (AvgIpc) is 3.50. The zero-order chi connectivity index (χ0) is 30.7. The third-order valence-electron chi connectivity index (χ3n) is 9.07. The van der Waals surface area contributed by atoms with Gasteiger partial charge in [-0.05, 0) is 58.5 Å². The first-order valence-electron chi connectivity index (χ1n) is 15.6. The Kier molecular flexibility index (Phi) is 5.90. The van der Waals surface area contributed by atoms with Crippen molar-refractivity contribution in [2.75, 3.05) is 0 Å². The zero-order valence-electron chi connectivity index (χ0n) is 25.2. The predicted octanol–water partition coefficient (Wildman–Crippen LogP) is 10.2. The van der Waals surface area contributed by atoms with Crippen molar-refractivity contribution in [3.8, 4) is 11.1 Å². The largest absolute Gasteiger partial charge is 0.455 e. The molecule has 7 aromatic carbocycles. The van der Waals surface area contributed by atoms with Crippen LogP contribution >= 0.6 is 0 Å². The van der Waals surface area contributed by atoms with Crippen molar-refractivity contribution >= 4 is 55.2 Å². The first-order chi connectivity index (χ1) is 22.6. The average molecular weight is 592 g/mol. The van der Waals surface area contributed by atoms with Gasteiger partial charge >= 0.3 is 0 Å². The van der Waals surface area contributed by atoms with Gasteiger partial charge in [0.05, 0.1) is 0 Å². The molecule has 218 valence electrons. The topological polar surface area (TPSA) is 49.9 Å². The molecule has 0 aliphatic carbocycles. The molecular formula is C42H29N3O. The first kappa shape index (κ1) is 26.4. The number of hydrogen-bond donors (Lipinski definition) is 1. The highest BCUT2D eigenvalue weighted by Crippen LogP contribution is 2.38. The number of benzene rings is 7. The fourth-order valence-electron chi connectivity index (χ4n) is 6.64. The summed E-state index contributed by atoms with van der Waals surface area (Å²) in [6.07, 6.45) is 0. The summed E-state index contributed by atoms with van der Waals surface area (Å²) in [6, 6.07) is 52.9. The number of fused-ring (bicyclic) bond motifs is 6. The van der Waals surface area contributed by atoms with Crippen molar-refractivity contribution in [1.82, 2.24) is 5.32 Å². The van der Waals surface area contributed by atoms with Crippen LogP contribution in [0.1, 0.15) is 23.6 Å². The minimum Gasteiger partial charge on any atom is -0.455 e. The molecule has 9 rings (SSSR count). The molecule has 0 saturated heterocycles. The van der Waals surface area contributed by atoms with Crippen LogP contribution in [-0.2, 0) is 5.66 Å². The summed E-state index contributed by atoms with van der Waals surface area (Å²) >= 11 is 0. The second-order valence-corrected chi connectivity index (χ2v) is 12.1. The van der Waals surface area contributed by atoms with Gasteiger partial charge in [0.1, 0.15) is 22.8 Å². The van der Waals surface area contributed by atoms with Gasteiger partial charge in [0.15, 0.2) is 5.66 Å². The van der Waals surface area contributed by atoms with Crippen LogP contribution in [0.3, 0.4) is 0 Å². The van der Waals surface area contributed by atoms with Gasteiger partial charge in [0.2, 0.25) is 0 Å². The lowest BCUT2D eigenvalue weighted by Gasteiger charge is -2.30. The van der Waals surface area contributed by atoms with Crippen LogP contribution in [0.4, 0.5) is 0 Å². The molecule has 8 aromatic rings. The van der Waals surface area contributed by atoms with Crippen molar-refractivity contribution in [2.24, 2.45) is 9.98 Å². The predicted molar refractivity (Wildman–Crippen MR) is 191 cm³/mol. The molecule has 1 aliphatic rings. The van der Waals surface area contributed by atoms with Gasteiger partial charge in [-0.2, -0.15) is 0 Å². The smallest absolute Gasteiger partial charge is 0.177 e. The molecule has 1 unspecified atom stereocenters. The molecule has 4 heteroatoms. The summed E-state index contributed by atoms with van der Waals surface area (Å²) in [5.41, 5.74) is 6.09. The van der Waals surface area contributed by atoms with E-state index >= 15 is 0 Å². The Labute approximate surface area is 266 Å². The van der Waals surface area contributed by atoms with Crippen molar-refractivity contribution < 1.29 is 4.42 Å². The Hall–Kier alpha value is -6.00. The highest BCUT2D eigenvalue weighted by molar-refractivity contribution is 6.17. The lowest BCUT2D eigenvalue weighted by Crippen LogP contribution is -2.40. The van der Waals surface area contributed by atoms with E-state index in [1.165, 1.54) is 5.39 Å². The summed E-state index contributed by atoms with van der Waals surface area (Å²) in [5, 5.41) is 10.4. The monoisotopic (exact) mass is 591 g/mol. The number of nitrogens with zero attached hydrogens (tertiary/aromatic N) is 2. The van der Waals surface area contributed by atoms with Crippen molar-refractivity contribution in [3.05, 3.63) is 168 Å². The molecule has 4 nitrogen and oxygen atoms in total. The van der Waals surface area contributed by atoms with Crippen LogP contribution in [0.2, 0.25) is 0 Å². The number of furan rings is 1. The highest BCUT2D eigenvalue weighted by Gasteiger charge is 2.32. The minimum atomic E-state index is -0.903. The summed E-state index contributed by atoms with van der Waals surface area (Å²) in [4.78, 5) is 10.6. The van der Waals surface area contributed by atoms with Gasteiger partial charge in [-0.1, -0.05) is 127 Å². The van der Waals surface area contributed by atoms with Crippen molar-refractivity contribution in [3.63, 3.8) is 0 Å². The Morgan fingerprint density at radius 3 is 1.98 bits per heavy atom. The zero-order valence-corrected chi connectivity index (χ0v) is 25.2. The Bertz CT molecular complexity index is 2520. The maximum absolute atomic E-state index is 6.57. The molecule has 0 fully saturated rings. The molecule has 1 aromatic heterocycles. The van der Waals surface area contributed by atoms with E-state index in [1.807, 2.05) is 6.07 Å². The lowest BCUT2D eigenvalue weighted by atomic mass is 9.97. The molecule has 0 spiro atoms. The third-order valence-corrected chi connectivity index (χ3v) is 9.07. The van der Waals surface area contributed by atoms with Gasteiger partial charge < -0.3 is 9.73 Å². The van der Waals surface area contributed by atoms with Crippen molar-refractivity contribution in [1.29, 1.82) is 0 Å². The van der Waals surface area contributed by atoms with E-state index in [-0.39, 0.29) is 0 Å². The second-order valence-electron chi connectivity index (χ2n) is 12.1. The van der Waals surface area contributed by atoms with E-state index in [9.17, 15) is 0 Å². The fourth-order valence-corrected chi connectivity index (χ4v) is 6.64. The molecule has 1 N–H and O–H groups in total. The standard InChI is InChI=1S/C42H29N3O/c1-42(34-21-23-36-37-22-20-29-13-7-8-17-35(29)39(37)46-38(36)26-34)44-40(32-16-9-15-31(24-32)27-10-3-2-4-11-27)43-41(45-42)33-19-18-28-12-5-6-14-30(28)25-33/h2-26H,1H3,(H,43,44,45). The number of amidine groups is 2. The highest BCUT2D eigenvalue weighted by atomic mass is 16.3. The van der Waals surface area contributed by atoms with Gasteiger partial charge in [-0.3, -0.25) is 0 Å². The summed E-state index contributed by atoms with van der Waals surface area (Å²) in [6.45, 7) is 2.08. The van der Waals surface area contributed by atoms with Gasteiger partial charge in [0, 0.05) is 32.8 Å². The van der Waals surface area contributed by atoms with E-state index in [1.54, 1.807) is 0 Å². The number of nitrogens with one attached hydrogen (secondary N) is 1. The van der Waals surface area contributed by atoms with Gasteiger partial charge in [-0.15, -0.1) is 0 Å². The van der Waals surface area contributed by atoms with Crippen LogP contribution in [-0.4, -0.2) is 11.7 Å². The van der Waals surface area contributed by atoms with E-state index in [4.69, 9.17) is 14.4 Å². The summed E-state index contributed by atoms with van der Waals surface area (Å²) in [5.74, 6) is 1.55. The normalized spacial score (nSPS) is 16.5. The minimum absolute atomic E-state index is 0.772. The van der Waals surface area contributed by atoms with Gasteiger partial charge in [0.25, 0.3) is 0 Å². The van der Waals surface area contributed by atoms with Crippen LogP contribution in [0.25, 0.3) is 54.6 Å². The lowest BCUT2D eigenvalue weighted by molar-refractivity contribution is 0.517. The van der Waals surface area contributed by atoms with E-state index < -0.39 is 5.66 Å². The molecule has 0 amide bonds. The SMILES string of the molecule is CC1(c2ccc3c(c2)oc2c4ccccc4ccc32)N=C(c2cccc(-c3ccccc3)c2)NC(c2ccc3ccccc3c2)=N1. The van der Waals surface area contributed by atoms with Crippen LogP contribution in [0.5, 0.6) is 0 Å². The van der Waals surface area contributed by atoms with Crippen LogP contribution < -0.4 is 5.32 Å². The van der Waals surface area contributed by atoms with E-state index in [0.29, 0.717) is 0 Å². The molecule has 0 radical (unpaired) electrons. The number of hydrogen-bond acceptors (Lipinski definition) is 4. The van der Waals surface area contributed by atoms with E-state index in [2.05, 4.69) is 158 Å². The van der Waals surface area contributed by atoms with Crippen LogP contribution in [0.15, 0.2) is 166 Å². The Morgan fingerprint density at radius 1 is 0.478 bits per heavy atom. The molecule has 2 heterocycles. The molecule has 0 saturated carbocycles. The van der Waals surface area contributed by atoms with E-state index in [0.717, 1.165) is 77.6 Å². The Morgan fingerprint density at radius 2 is 1.13 bits per heavy atom. The third kappa shape index (κ3) is 4.38. The molecule has 46 heavy (non-hydrogen) atoms. The number of rotatable bonds is 4. The van der Waals surface area contributed by atoms with Gasteiger partial charge in [-0.25, -0.2) is 9.98 Å². The first-order valence-corrected chi connectivity index (χ1v) is 15.6. The molecule has 0 bridgehead atoms. The quantitative estimate of drug-likeness (QED) is 0.221. The maximum Gasteiger partial charge on any atom is 0.177 e. The second kappa shape index (κ2) is 10.3. The maximum atomic E-state index is 6.57. The van der Waals surface area contributed by atoms with Crippen LogP contribution in [0, 0.1) is 0 Å². The molecular weight excluding hydrogens is 562 g/mol. The summed E-state index contributed by atoms with van der Waals surface area (Å²) in [7, 11) is 0. The molecule has 1 atom stereocenters. The number of aliphatic imine (C=N–C) groups is 2. The fraction of sp³-hybridized carbons (Fsp3) is 0.0476.